The molecule has 0 unspecified atom stereocenters. The average Bonchev–Trinajstić information content (AvgIpc) is 2.35. The summed E-state index contributed by atoms with van der Waals surface area (Å²) in [5.74, 6) is -3.90. The SMILES string of the molecule is COC(=O)c1cc(O)cc(C(=O)O)c1C(=O)OC. The van der Waals surface area contributed by atoms with Crippen LogP contribution in [0.4, 0.5) is 0 Å². The first kappa shape index (κ1) is 13.5. The third kappa shape index (κ3) is 2.40. The number of esters is 2. The molecule has 7 nitrogen and oxygen atoms in total. The van der Waals surface area contributed by atoms with Crippen LogP contribution in [0.3, 0.4) is 0 Å². The van der Waals surface area contributed by atoms with Gasteiger partial charge in [-0.3, -0.25) is 0 Å². The van der Waals surface area contributed by atoms with Gasteiger partial charge in [0.05, 0.1) is 30.9 Å². The fourth-order valence-electron chi connectivity index (χ4n) is 1.39. The van der Waals surface area contributed by atoms with Gasteiger partial charge in [0.1, 0.15) is 5.75 Å². The highest BCUT2D eigenvalue weighted by molar-refractivity contribution is 6.10. The summed E-state index contributed by atoms with van der Waals surface area (Å²) in [5, 5.41) is 18.3. The summed E-state index contributed by atoms with van der Waals surface area (Å²) in [7, 11) is 2.11. The van der Waals surface area contributed by atoms with Crippen LogP contribution in [0.25, 0.3) is 0 Å². The quantitative estimate of drug-likeness (QED) is 0.762. The van der Waals surface area contributed by atoms with E-state index in [-0.39, 0.29) is 5.56 Å². The molecule has 0 spiro atoms. The molecule has 7 heteroatoms. The van der Waals surface area contributed by atoms with Gasteiger partial charge in [0.15, 0.2) is 0 Å². The summed E-state index contributed by atoms with van der Waals surface area (Å²) in [6.45, 7) is 0. The fourth-order valence-corrected chi connectivity index (χ4v) is 1.39. The molecule has 1 aromatic rings. The lowest BCUT2D eigenvalue weighted by Crippen LogP contribution is -2.17. The van der Waals surface area contributed by atoms with Gasteiger partial charge < -0.3 is 19.7 Å². The highest BCUT2D eigenvalue weighted by atomic mass is 16.5. The number of aromatic hydroxyl groups is 1. The minimum atomic E-state index is -1.48. The van der Waals surface area contributed by atoms with Gasteiger partial charge in [-0.05, 0) is 12.1 Å². The van der Waals surface area contributed by atoms with E-state index in [0.29, 0.717) is 0 Å². The van der Waals surface area contributed by atoms with Gasteiger partial charge in [0.2, 0.25) is 0 Å². The Balaban J connectivity index is 3.63. The summed E-state index contributed by atoms with van der Waals surface area (Å²) in [4.78, 5) is 34.0. The summed E-state index contributed by atoms with van der Waals surface area (Å²) >= 11 is 0. The number of methoxy groups -OCH3 is 2. The van der Waals surface area contributed by atoms with E-state index in [1.165, 1.54) is 0 Å². The van der Waals surface area contributed by atoms with Gasteiger partial charge in [-0.1, -0.05) is 0 Å². The maximum atomic E-state index is 11.5. The van der Waals surface area contributed by atoms with Gasteiger partial charge in [0, 0.05) is 0 Å². The van der Waals surface area contributed by atoms with Crippen molar-refractivity contribution < 1.29 is 34.1 Å². The molecular formula is C11H10O7. The second-order valence-electron chi connectivity index (χ2n) is 3.20. The molecule has 0 heterocycles. The van der Waals surface area contributed by atoms with E-state index in [4.69, 9.17) is 5.11 Å². The Bertz CT molecular complexity index is 518. The third-order valence-corrected chi connectivity index (χ3v) is 2.15. The predicted molar refractivity (Wildman–Crippen MR) is 57.7 cm³/mol. The Labute approximate surface area is 102 Å². The van der Waals surface area contributed by atoms with Crippen molar-refractivity contribution in [2.45, 2.75) is 0 Å². The maximum Gasteiger partial charge on any atom is 0.339 e. The lowest BCUT2D eigenvalue weighted by molar-refractivity contribution is 0.0547. The first-order valence-electron chi connectivity index (χ1n) is 4.69. The molecule has 0 aliphatic heterocycles. The normalized spacial score (nSPS) is 9.67. The monoisotopic (exact) mass is 254 g/mol. The highest BCUT2D eigenvalue weighted by Crippen LogP contribution is 2.23. The van der Waals surface area contributed by atoms with Crippen LogP contribution in [0.15, 0.2) is 12.1 Å². The number of phenolic OH excluding ortho intramolecular Hbond substituents is 1. The van der Waals surface area contributed by atoms with Crippen molar-refractivity contribution in [2.75, 3.05) is 14.2 Å². The number of hydrogen-bond acceptors (Lipinski definition) is 6. The number of carbonyl (C=O) groups is 3. The van der Waals surface area contributed by atoms with Gasteiger partial charge in [0.25, 0.3) is 0 Å². The molecule has 0 aliphatic rings. The number of carbonyl (C=O) groups excluding carboxylic acids is 2. The second-order valence-corrected chi connectivity index (χ2v) is 3.20. The number of benzene rings is 1. The molecule has 2 N–H and O–H groups in total. The zero-order valence-corrected chi connectivity index (χ0v) is 9.59. The lowest BCUT2D eigenvalue weighted by Gasteiger charge is -2.10. The number of hydrogen-bond donors (Lipinski definition) is 2. The Morgan fingerprint density at radius 3 is 1.94 bits per heavy atom. The van der Waals surface area contributed by atoms with Gasteiger partial charge >= 0.3 is 17.9 Å². The minimum absolute atomic E-state index is 0.373. The molecular weight excluding hydrogens is 244 g/mol. The van der Waals surface area contributed by atoms with Crippen LogP contribution in [0, 0.1) is 0 Å². The van der Waals surface area contributed by atoms with Crippen molar-refractivity contribution in [2.24, 2.45) is 0 Å². The molecule has 0 saturated heterocycles. The van der Waals surface area contributed by atoms with E-state index in [1.54, 1.807) is 0 Å². The zero-order valence-electron chi connectivity index (χ0n) is 9.59. The number of rotatable bonds is 3. The predicted octanol–water partition coefficient (Wildman–Crippen LogP) is 0.664. The third-order valence-electron chi connectivity index (χ3n) is 2.15. The number of aromatic carboxylic acids is 1. The Kier molecular flexibility index (Phi) is 3.88. The summed E-state index contributed by atoms with van der Waals surface area (Å²) in [5.41, 5.74) is -1.38. The molecule has 0 fully saturated rings. The summed E-state index contributed by atoms with van der Waals surface area (Å²) < 4.78 is 8.82. The zero-order chi connectivity index (χ0) is 13.9. The lowest BCUT2D eigenvalue weighted by atomic mass is 10.00. The minimum Gasteiger partial charge on any atom is -0.508 e. The summed E-state index contributed by atoms with van der Waals surface area (Å²) in [6.07, 6.45) is 0. The average molecular weight is 254 g/mol. The number of carboxylic acid groups (broad SMARTS) is 1. The van der Waals surface area contributed by atoms with Gasteiger partial charge in [-0.15, -0.1) is 0 Å². The number of carboxylic acids is 1. The van der Waals surface area contributed by atoms with Crippen LogP contribution < -0.4 is 0 Å². The Morgan fingerprint density at radius 2 is 1.50 bits per heavy atom. The first-order valence-corrected chi connectivity index (χ1v) is 4.69. The standard InChI is InChI=1S/C11H10O7/c1-17-10(15)7-4-5(12)3-6(9(13)14)8(7)11(16)18-2/h3-4,12H,1-2H3,(H,13,14). The van der Waals surface area contributed by atoms with E-state index in [1.807, 2.05) is 0 Å². The molecule has 0 saturated carbocycles. The molecule has 0 radical (unpaired) electrons. The molecule has 1 rings (SSSR count). The van der Waals surface area contributed by atoms with Gasteiger partial charge in [-0.2, -0.15) is 0 Å². The number of ether oxygens (including phenoxy) is 2. The molecule has 0 bridgehead atoms. The molecule has 96 valence electrons. The van der Waals surface area contributed by atoms with E-state index in [2.05, 4.69) is 9.47 Å². The molecule has 0 aliphatic carbocycles. The van der Waals surface area contributed by atoms with E-state index < -0.39 is 34.8 Å². The van der Waals surface area contributed by atoms with Crippen molar-refractivity contribution >= 4 is 17.9 Å². The van der Waals surface area contributed by atoms with Crippen LogP contribution in [0.1, 0.15) is 31.1 Å². The van der Waals surface area contributed by atoms with Crippen molar-refractivity contribution in [1.29, 1.82) is 0 Å². The Morgan fingerprint density at radius 1 is 1.00 bits per heavy atom. The molecule has 0 amide bonds. The maximum absolute atomic E-state index is 11.5. The van der Waals surface area contributed by atoms with E-state index in [9.17, 15) is 19.5 Å². The first-order chi connectivity index (χ1) is 8.42. The molecule has 1 aromatic carbocycles. The van der Waals surface area contributed by atoms with Gasteiger partial charge in [-0.25, -0.2) is 14.4 Å². The Hall–Kier alpha value is -2.57. The van der Waals surface area contributed by atoms with E-state index >= 15 is 0 Å². The van der Waals surface area contributed by atoms with Crippen molar-refractivity contribution in [3.63, 3.8) is 0 Å². The van der Waals surface area contributed by atoms with Crippen LogP contribution in [0.5, 0.6) is 5.75 Å². The second kappa shape index (κ2) is 5.17. The fraction of sp³-hybridized carbons (Fsp3) is 0.182. The molecule has 0 aromatic heterocycles. The summed E-state index contributed by atoms with van der Waals surface area (Å²) in [6, 6.07) is 1.78. The largest absolute Gasteiger partial charge is 0.508 e. The van der Waals surface area contributed by atoms with Crippen molar-refractivity contribution in [1.82, 2.24) is 0 Å². The highest BCUT2D eigenvalue weighted by Gasteiger charge is 2.26. The molecule has 0 atom stereocenters. The smallest absolute Gasteiger partial charge is 0.339 e. The van der Waals surface area contributed by atoms with E-state index in [0.717, 1.165) is 26.4 Å². The van der Waals surface area contributed by atoms with Crippen LogP contribution in [-0.4, -0.2) is 42.3 Å². The topological polar surface area (TPSA) is 110 Å². The molecule has 18 heavy (non-hydrogen) atoms. The van der Waals surface area contributed by atoms with Crippen molar-refractivity contribution in [3.8, 4) is 5.75 Å². The van der Waals surface area contributed by atoms with Crippen molar-refractivity contribution in [3.05, 3.63) is 28.8 Å². The van der Waals surface area contributed by atoms with Crippen LogP contribution in [0.2, 0.25) is 0 Å². The van der Waals surface area contributed by atoms with Crippen LogP contribution in [-0.2, 0) is 9.47 Å². The van der Waals surface area contributed by atoms with Crippen LogP contribution >= 0.6 is 0 Å². The number of phenols is 1.